The van der Waals surface area contributed by atoms with Gasteiger partial charge in [0, 0.05) is 24.4 Å². The molecule has 4 rings (SSSR count). The molecule has 0 atom stereocenters. The van der Waals surface area contributed by atoms with Crippen LogP contribution in [0.3, 0.4) is 0 Å². The second-order valence-corrected chi connectivity index (χ2v) is 7.75. The van der Waals surface area contributed by atoms with Crippen LogP contribution < -0.4 is 14.4 Å². The average molecular weight is 442 g/mol. The van der Waals surface area contributed by atoms with Crippen molar-refractivity contribution in [3.8, 4) is 17.2 Å². The molecule has 0 radical (unpaired) electrons. The molecule has 3 aromatic rings. The third kappa shape index (κ3) is 3.70. The van der Waals surface area contributed by atoms with E-state index in [1.807, 2.05) is 13.8 Å². The molecule has 2 heterocycles. The molecule has 8 nitrogen and oxygen atoms in total. The van der Waals surface area contributed by atoms with Crippen molar-refractivity contribution in [2.45, 2.75) is 19.8 Å². The zero-order chi connectivity index (χ0) is 22.3. The number of hydrogen-bond donors (Lipinski definition) is 1. The lowest BCUT2D eigenvalue weighted by atomic mass is 10.1. The molecule has 1 amide bonds. The number of rotatable bonds is 5. The molecule has 160 valence electrons. The van der Waals surface area contributed by atoms with Crippen LogP contribution in [0.4, 0.5) is 5.69 Å². The highest BCUT2D eigenvalue weighted by atomic mass is 35.5. The van der Waals surface area contributed by atoms with Crippen molar-refractivity contribution in [1.82, 2.24) is 9.78 Å². The number of carboxylic acids is 1. The maximum Gasteiger partial charge on any atom is 0.358 e. The van der Waals surface area contributed by atoms with E-state index in [1.165, 1.54) is 9.58 Å². The number of hydrogen-bond acceptors (Lipinski definition) is 5. The number of carbonyl (C=O) groups is 2. The number of aromatic nitrogens is 2. The predicted molar refractivity (Wildman–Crippen MR) is 115 cm³/mol. The second kappa shape index (κ2) is 7.96. The first-order valence-corrected chi connectivity index (χ1v) is 9.95. The van der Waals surface area contributed by atoms with Gasteiger partial charge in [0.15, 0.2) is 17.2 Å². The van der Waals surface area contributed by atoms with Gasteiger partial charge in [-0.25, -0.2) is 9.48 Å². The predicted octanol–water partition coefficient (Wildman–Crippen LogP) is 4.35. The number of fused-ring (bicyclic) bond motifs is 1. The van der Waals surface area contributed by atoms with Gasteiger partial charge in [-0.1, -0.05) is 31.5 Å². The third-order valence-electron chi connectivity index (χ3n) is 5.00. The number of anilines is 1. The summed E-state index contributed by atoms with van der Waals surface area (Å²) in [6, 6.07) is 12.1. The molecule has 0 saturated carbocycles. The normalized spacial score (nSPS) is 12.3. The van der Waals surface area contributed by atoms with Crippen LogP contribution in [0.5, 0.6) is 11.5 Å². The summed E-state index contributed by atoms with van der Waals surface area (Å²) in [6.07, 6.45) is 0. The average Bonchev–Trinajstić information content (AvgIpc) is 3.36. The number of amides is 1. The van der Waals surface area contributed by atoms with E-state index in [4.69, 9.17) is 21.1 Å². The Labute approximate surface area is 183 Å². The Morgan fingerprint density at radius 3 is 2.61 bits per heavy atom. The van der Waals surface area contributed by atoms with Gasteiger partial charge in [-0.15, -0.1) is 0 Å². The molecule has 1 aromatic heterocycles. The fourth-order valence-corrected chi connectivity index (χ4v) is 3.84. The van der Waals surface area contributed by atoms with Crippen molar-refractivity contribution in [3.05, 3.63) is 64.4 Å². The molecular formula is C22H20ClN3O5. The van der Waals surface area contributed by atoms with Gasteiger partial charge in [0.25, 0.3) is 5.91 Å². The van der Waals surface area contributed by atoms with Crippen LogP contribution >= 0.6 is 11.6 Å². The number of carboxylic acid groups (broad SMARTS) is 1. The van der Waals surface area contributed by atoms with Crippen molar-refractivity contribution < 1.29 is 24.2 Å². The molecule has 1 aliphatic heterocycles. The second-order valence-electron chi connectivity index (χ2n) is 7.37. The summed E-state index contributed by atoms with van der Waals surface area (Å²) in [5.74, 6) is -0.315. The van der Waals surface area contributed by atoms with Gasteiger partial charge in [-0.3, -0.25) is 4.79 Å². The smallest absolute Gasteiger partial charge is 0.358 e. The van der Waals surface area contributed by atoms with E-state index in [9.17, 15) is 14.7 Å². The van der Waals surface area contributed by atoms with Crippen LogP contribution in [0.15, 0.2) is 42.5 Å². The number of carbonyl (C=O) groups excluding carboxylic acids is 1. The molecule has 0 unspecified atom stereocenters. The number of nitrogens with zero attached hydrogens (tertiary/aromatic N) is 3. The Morgan fingerprint density at radius 2 is 1.90 bits per heavy atom. The zero-order valence-corrected chi connectivity index (χ0v) is 17.9. The lowest BCUT2D eigenvalue weighted by Gasteiger charge is -2.18. The molecular weight excluding hydrogens is 422 g/mol. The van der Waals surface area contributed by atoms with Crippen LogP contribution in [-0.4, -0.2) is 40.6 Å². The van der Waals surface area contributed by atoms with E-state index < -0.39 is 5.97 Å². The Kier molecular flexibility index (Phi) is 5.32. The van der Waals surface area contributed by atoms with Crippen LogP contribution in [0.1, 0.15) is 46.3 Å². The molecule has 0 saturated heterocycles. The number of halogens is 1. The summed E-state index contributed by atoms with van der Waals surface area (Å²) >= 11 is 6.29. The van der Waals surface area contributed by atoms with Crippen molar-refractivity contribution in [2.75, 3.05) is 18.7 Å². The Balaban J connectivity index is 1.70. The van der Waals surface area contributed by atoms with E-state index in [2.05, 4.69) is 5.10 Å². The lowest BCUT2D eigenvalue weighted by Crippen LogP contribution is -2.26. The van der Waals surface area contributed by atoms with Gasteiger partial charge in [0.05, 0.1) is 16.4 Å². The van der Waals surface area contributed by atoms with Gasteiger partial charge in [-0.05, 0) is 36.2 Å². The Hall–Kier alpha value is -3.52. The highest BCUT2D eigenvalue weighted by Gasteiger charge is 2.25. The van der Waals surface area contributed by atoms with E-state index in [-0.39, 0.29) is 29.3 Å². The maximum atomic E-state index is 13.1. The molecule has 0 aliphatic carbocycles. The molecule has 0 spiro atoms. The fraction of sp³-hybridized carbons (Fsp3) is 0.227. The number of benzene rings is 2. The minimum Gasteiger partial charge on any atom is -0.476 e. The fourth-order valence-electron chi connectivity index (χ4n) is 3.42. The minimum atomic E-state index is -1.21. The van der Waals surface area contributed by atoms with Gasteiger partial charge in [0.2, 0.25) is 6.79 Å². The first kappa shape index (κ1) is 20.7. The summed E-state index contributed by atoms with van der Waals surface area (Å²) in [4.78, 5) is 26.1. The highest BCUT2D eigenvalue weighted by Crippen LogP contribution is 2.35. The zero-order valence-electron chi connectivity index (χ0n) is 17.1. The van der Waals surface area contributed by atoms with Crippen LogP contribution in [0.25, 0.3) is 5.69 Å². The summed E-state index contributed by atoms with van der Waals surface area (Å²) in [5.41, 5.74) is 1.95. The SMILES string of the molecule is CC(C)c1c(Cl)c(C(=O)O)nn1-c1cccc(C(=O)N(C)c2ccc3c(c2)OCO3)c1. The van der Waals surface area contributed by atoms with Gasteiger partial charge in [-0.2, -0.15) is 5.10 Å². The number of ether oxygens (including phenoxy) is 2. The molecule has 1 N–H and O–H groups in total. The summed E-state index contributed by atoms with van der Waals surface area (Å²) in [6.45, 7) is 3.95. The van der Waals surface area contributed by atoms with Crippen LogP contribution in [0, 0.1) is 0 Å². The molecule has 9 heteroatoms. The van der Waals surface area contributed by atoms with Crippen molar-refractivity contribution in [1.29, 1.82) is 0 Å². The molecule has 31 heavy (non-hydrogen) atoms. The van der Waals surface area contributed by atoms with Gasteiger partial charge >= 0.3 is 5.97 Å². The third-order valence-corrected chi connectivity index (χ3v) is 5.37. The topological polar surface area (TPSA) is 93.9 Å². The van der Waals surface area contributed by atoms with Crippen LogP contribution in [-0.2, 0) is 0 Å². The maximum absolute atomic E-state index is 13.1. The van der Waals surface area contributed by atoms with E-state index in [1.54, 1.807) is 49.5 Å². The summed E-state index contributed by atoms with van der Waals surface area (Å²) < 4.78 is 12.2. The van der Waals surface area contributed by atoms with E-state index in [0.717, 1.165) is 0 Å². The first-order chi connectivity index (χ1) is 14.8. The van der Waals surface area contributed by atoms with Gasteiger partial charge in [0.1, 0.15) is 0 Å². The molecule has 1 aliphatic rings. The monoisotopic (exact) mass is 441 g/mol. The molecule has 2 aromatic carbocycles. The van der Waals surface area contributed by atoms with Crippen molar-refractivity contribution in [3.63, 3.8) is 0 Å². The quantitative estimate of drug-likeness (QED) is 0.632. The Bertz CT molecular complexity index is 1190. The first-order valence-electron chi connectivity index (χ1n) is 9.57. The standard InChI is InChI=1S/C22H20ClN3O5/c1-12(2)20-18(23)19(22(28)29)24-26(20)15-6-4-5-13(9-15)21(27)25(3)14-7-8-16-17(10-14)31-11-30-16/h4-10,12H,11H2,1-3H3,(H,28,29). The summed E-state index contributed by atoms with van der Waals surface area (Å²) in [7, 11) is 1.67. The number of aromatic carboxylic acids is 1. The van der Waals surface area contributed by atoms with E-state index in [0.29, 0.717) is 34.1 Å². The largest absolute Gasteiger partial charge is 0.476 e. The van der Waals surface area contributed by atoms with Crippen LogP contribution in [0.2, 0.25) is 5.02 Å². The highest BCUT2D eigenvalue weighted by molar-refractivity contribution is 6.34. The molecule has 0 fully saturated rings. The minimum absolute atomic E-state index is 0.0798. The van der Waals surface area contributed by atoms with Gasteiger partial charge < -0.3 is 19.5 Å². The summed E-state index contributed by atoms with van der Waals surface area (Å²) in [5, 5.41) is 13.7. The lowest BCUT2D eigenvalue weighted by molar-refractivity contribution is 0.0690. The Morgan fingerprint density at radius 1 is 1.16 bits per heavy atom. The molecule has 0 bridgehead atoms. The van der Waals surface area contributed by atoms with Crippen molar-refractivity contribution >= 4 is 29.2 Å². The van der Waals surface area contributed by atoms with E-state index >= 15 is 0 Å². The van der Waals surface area contributed by atoms with Crippen molar-refractivity contribution in [2.24, 2.45) is 0 Å².